The molecule has 4 nitrogen and oxygen atoms in total. The highest BCUT2D eigenvalue weighted by atomic mass is 16.4. The Morgan fingerprint density at radius 3 is 2.92 bits per heavy atom. The van der Waals surface area contributed by atoms with Gasteiger partial charge >= 0.3 is 5.97 Å². The lowest BCUT2D eigenvalue weighted by Gasteiger charge is -2.33. The van der Waals surface area contributed by atoms with E-state index in [1.807, 2.05) is 4.90 Å². The highest BCUT2D eigenvalue weighted by Gasteiger charge is 2.24. The van der Waals surface area contributed by atoms with Crippen molar-refractivity contribution in [3.8, 4) is 0 Å². The zero-order valence-corrected chi connectivity index (χ0v) is 7.36. The average Bonchev–Trinajstić information content (AvgIpc) is 2.03. The van der Waals surface area contributed by atoms with Crippen LogP contribution in [0.3, 0.4) is 0 Å². The molecule has 2 atom stereocenters. The van der Waals surface area contributed by atoms with E-state index in [2.05, 4.69) is 0 Å². The minimum absolute atomic E-state index is 0.153. The molecule has 0 radical (unpaired) electrons. The van der Waals surface area contributed by atoms with Gasteiger partial charge in [0.05, 0.1) is 0 Å². The zero-order valence-electron chi connectivity index (χ0n) is 7.36. The zero-order chi connectivity index (χ0) is 9.14. The number of piperidine rings is 1. The number of nitrogens with two attached hydrogens (primary N) is 1. The summed E-state index contributed by atoms with van der Waals surface area (Å²) in [6, 6.07) is -0.239. The van der Waals surface area contributed by atoms with Crippen LogP contribution in [0.5, 0.6) is 0 Å². The molecular weight excluding hydrogens is 156 g/mol. The Hall–Kier alpha value is -0.610. The molecule has 1 aliphatic rings. The first kappa shape index (κ1) is 9.48. The maximum absolute atomic E-state index is 10.6. The fourth-order valence-electron chi connectivity index (χ4n) is 1.55. The summed E-state index contributed by atoms with van der Waals surface area (Å²) < 4.78 is 0. The van der Waals surface area contributed by atoms with E-state index in [1.54, 1.807) is 6.92 Å². The number of likely N-dealkylation sites (tertiary alicyclic amines) is 1. The van der Waals surface area contributed by atoms with E-state index in [9.17, 15) is 4.79 Å². The number of carboxylic acid groups (broad SMARTS) is 1. The van der Waals surface area contributed by atoms with E-state index in [-0.39, 0.29) is 6.04 Å². The molecule has 1 fully saturated rings. The van der Waals surface area contributed by atoms with Crippen molar-refractivity contribution in [3.05, 3.63) is 0 Å². The van der Waals surface area contributed by atoms with Gasteiger partial charge in [0, 0.05) is 12.6 Å². The largest absolute Gasteiger partial charge is 0.480 e. The van der Waals surface area contributed by atoms with Gasteiger partial charge in [-0.05, 0) is 26.3 Å². The molecule has 3 N–H and O–H groups in total. The molecule has 0 saturated carbocycles. The molecule has 1 heterocycles. The van der Waals surface area contributed by atoms with Crippen LogP contribution < -0.4 is 5.73 Å². The van der Waals surface area contributed by atoms with Gasteiger partial charge in [-0.15, -0.1) is 0 Å². The van der Waals surface area contributed by atoms with Crippen molar-refractivity contribution in [2.24, 2.45) is 5.73 Å². The maximum atomic E-state index is 10.6. The molecule has 4 heteroatoms. The highest BCUT2D eigenvalue weighted by molar-refractivity contribution is 5.72. The molecule has 2 unspecified atom stereocenters. The number of hydrogen-bond donors (Lipinski definition) is 2. The molecule has 70 valence electrons. The molecule has 12 heavy (non-hydrogen) atoms. The first-order valence-corrected chi connectivity index (χ1v) is 4.33. The summed E-state index contributed by atoms with van der Waals surface area (Å²) in [5.74, 6) is -0.760. The normalized spacial score (nSPS) is 28.3. The SMILES string of the molecule is CC(C(=O)O)N1CCCC(N)C1. The molecule has 1 saturated heterocycles. The molecule has 1 rings (SSSR count). The minimum Gasteiger partial charge on any atom is -0.480 e. The van der Waals surface area contributed by atoms with Gasteiger partial charge in [-0.1, -0.05) is 0 Å². The van der Waals surface area contributed by atoms with Gasteiger partial charge in [0.1, 0.15) is 6.04 Å². The van der Waals surface area contributed by atoms with Gasteiger partial charge in [-0.2, -0.15) is 0 Å². The van der Waals surface area contributed by atoms with Crippen molar-refractivity contribution in [1.82, 2.24) is 4.90 Å². The summed E-state index contributed by atoms with van der Waals surface area (Å²) in [4.78, 5) is 12.5. The van der Waals surface area contributed by atoms with Crippen LogP contribution in [-0.2, 0) is 4.79 Å². The van der Waals surface area contributed by atoms with Crippen molar-refractivity contribution < 1.29 is 9.90 Å². The molecule has 1 aliphatic heterocycles. The summed E-state index contributed by atoms with van der Waals surface area (Å²) in [5, 5.41) is 8.74. The van der Waals surface area contributed by atoms with Crippen LogP contribution in [-0.4, -0.2) is 41.1 Å². The number of carbonyl (C=O) groups is 1. The Morgan fingerprint density at radius 2 is 2.42 bits per heavy atom. The van der Waals surface area contributed by atoms with Gasteiger partial charge < -0.3 is 10.8 Å². The fourth-order valence-corrected chi connectivity index (χ4v) is 1.55. The van der Waals surface area contributed by atoms with E-state index in [0.29, 0.717) is 6.54 Å². The average molecular weight is 172 g/mol. The van der Waals surface area contributed by atoms with Crippen LogP contribution in [0.1, 0.15) is 19.8 Å². The molecule has 0 spiro atoms. The minimum atomic E-state index is -0.760. The third kappa shape index (κ3) is 2.19. The standard InChI is InChI=1S/C8H16N2O2/c1-6(8(11)12)10-4-2-3-7(9)5-10/h6-7H,2-5,9H2,1H3,(H,11,12). The summed E-state index contributed by atoms with van der Waals surface area (Å²) in [5.41, 5.74) is 5.73. The second kappa shape index (κ2) is 3.87. The number of nitrogens with zero attached hydrogens (tertiary/aromatic N) is 1. The van der Waals surface area contributed by atoms with Gasteiger partial charge in [-0.3, -0.25) is 9.69 Å². The summed E-state index contributed by atoms with van der Waals surface area (Å²) >= 11 is 0. The van der Waals surface area contributed by atoms with Gasteiger partial charge in [0.15, 0.2) is 0 Å². The summed E-state index contributed by atoms with van der Waals surface area (Å²) in [6.45, 7) is 3.29. The number of rotatable bonds is 2. The monoisotopic (exact) mass is 172 g/mol. The van der Waals surface area contributed by atoms with Crippen molar-refractivity contribution in [3.63, 3.8) is 0 Å². The Morgan fingerprint density at radius 1 is 1.75 bits per heavy atom. The van der Waals surface area contributed by atoms with E-state index in [0.717, 1.165) is 19.4 Å². The van der Waals surface area contributed by atoms with Gasteiger partial charge in [0.2, 0.25) is 0 Å². The van der Waals surface area contributed by atoms with Crippen molar-refractivity contribution in [1.29, 1.82) is 0 Å². The van der Waals surface area contributed by atoms with Crippen LogP contribution in [0, 0.1) is 0 Å². The number of carboxylic acids is 1. The predicted molar refractivity (Wildman–Crippen MR) is 45.9 cm³/mol. The van der Waals surface area contributed by atoms with Crippen LogP contribution in [0.15, 0.2) is 0 Å². The van der Waals surface area contributed by atoms with E-state index < -0.39 is 12.0 Å². The van der Waals surface area contributed by atoms with Crippen LogP contribution in [0.25, 0.3) is 0 Å². The molecule has 0 aromatic heterocycles. The third-order valence-corrected chi connectivity index (χ3v) is 2.39. The molecule has 0 aromatic carbocycles. The Kier molecular flexibility index (Phi) is 3.05. The van der Waals surface area contributed by atoms with Crippen LogP contribution in [0.2, 0.25) is 0 Å². The van der Waals surface area contributed by atoms with Crippen molar-refractivity contribution >= 4 is 5.97 Å². The third-order valence-electron chi connectivity index (χ3n) is 2.39. The fraction of sp³-hybridized carbons (Fsp3) is 0.875. The summed E-state index contributed by atoms with van der Waals surface area (Å²) in [6.07, 6.45) is 2.03. The van der Waals surface area contributed by atoms with Gasteiger partial charge in [0.25, 0.3) is 0 Å². The lowest BCUT2D eigenvalue weighted by molar-refractivity contribution is -0.143. The molecule has 0 aliphatic carbocycles. The number of aliphatic carboxylic acids is 1. The van der Waals surface area contributed by atoms with E-state index >= 15 is 0 Å². The second-order valence-corrected chi connectivity index (χ2v) is 3.41. The number of hydrogen-bond acceptors (Lipinski definition) is 3. The van der Waals surface area contributed by atoms with Crippen molar-refractivity contribution in [2.75, 3.05) is 13.1 Å². The smallest absolute Gasteiger partial charge is 0.320 e. The van der Waals surface area contributed by atoms with Crippen LogP contribution in [0.4, 0.5) is 0 Å². The topological polar surface area (TPSA) is 66.6 Å². The maximum Gasteiger partial charge on any atom is 0.320 e. The highest BCUT2D eigenvalue weighted by Crippen LogP contribution is 2.11. The Balaban J connectivity index is 2.45. The predicted octanol–water partition coefficient (Wildman–Crippen LogP) is -0.117. The Labute approximate surface area is 72.3 Å². The van der Waals surface area contributed by atoms with Gasteiger partial charge in [-0.25, -0.2) is 0 Å². The molecule has 0 amide bonds. The second-order valence-electron chi connectivity index (χ2n) is 3.41. The Bertz CT molecular complexity index is 172. The van der Waals surface area contributed by atoms with E-state index in [4.69, 9.17) is 10.8 Å². The molecular formula is C8H16N2O2. The molecule has 0 aromatic rings. The van der Waals surface area contributed by atoms with E-state index in [1.165, 1.54) is 0 Å². The quantitative estimate of drug-likeness (QED) is 0.609. The molecule has 0 bridgehead atoms. The van der Waals surface area contributed by atoms with Crippen LogP contribution >= 0.6 is 0 Å². The summed E-state index contributed by atoms with van der Waals surface area (Å²) in [7, 11) is 0. The lowest BCUT2D eigenvalue weighted by Crippen LogP contribution is -2.49. The first-order chi connectivity index (χ1) is 5.61. The van der Waals surface area contributed by atoms with Crippen molar-refractivity contribution in [2.45, 2.75) is 31.8 Å². The first-order valence-electron chi connectivity index (χ1n) is 4.33. The lowest BCUT2D eigenvalue weighted by atomic mass is 10.1.